The molecule has 2 atom stereocenters. The SMILES string of the molecule is N[C@H](Cc1ccccc1)C(=O)N(CC1CC(Br)=NO1)C(=O)OCc1ccccc1. The normalized spacial score (nSPS) is 16.5. The van der Waals surface area contributed by atoms with Crippen LogP contribution in [0.4, 0.5) is 4.79 Å². The minimum Gasteiger partial charge on any atom is -0.444 e. The molecule has 0 bridgehead atoms. The van der Waals surface area contributed by atoms with Gasteiger partial charge in [-0.1, -0.05) is 65.8 Å². The third-order valence-corrected chi connectivity index (χ3v) is 4.86. The van der Waals surface area contributed by atoms with E-state index >= 15 is 0 Å². The lowest BCUT2D eigenvalue weighted by molar-refractivity contribution is -0.132. The topological polar surface area (TPSA) is 94.2 Å². The zero-order chi connectivity index (χ0) is 20.6. The Bertz CT molecular complexity index is 861. The van der Waals surface area contributed by atoms with E-state index in [4.69, 9.17) is 15.3 Å². The number of imide groups is 1. The Kier molecular flexibility index (Phi) is 7.37. The molecule has 1 aliphatic heterocycles. The Hall–Kier alpha value is -2.71. The van der Waals surface area contributed by atoms with Gasteiger partial charge in [-0.25, -0.2) is 9.69 Å². The number of ether oxygens (including phenoxy) is 1. The summed E-state index contributed by atoms with van der Waals surface area (Å²) in [5.41, 5.74) is 7.85. The summed E-state index contributed by atoms with van der Waals surface area (Å²) >= 11 is 3.26. The van der Waals surface area contributed by atoms with E-state index in [2.05, 4.69) is 21.1 Å². The molecule has 1 heterocycles. The molecule has 7 nitrogen and oxygen atoms in total. The first kappa shape index (κ1) is 21.0. The van der Waals surface area contributed by atoms with Crippen molar-refractivity contribution < 1.29 is 19.2 Å². The molecule has 1 aliphatic rings. The van der Waals surface area contributed by atoms with Crippen LogP contribution < -0.4 is 5.73 Å². The van der Waals surface area contributed by atoms with Crippen molar-refractivity contribution in [1.82, 2.24) is 4.90 Å². The van der Waals surface area contributed by atoms with E-state index in [1.807, 2.05) is 60.7 Å². The second-order valence-corrected chi connectivity index (χ2v) is 7.60. The van der Waals surface area contributed by atoms with E-state index in [1.165, 1.54) is 0 Å². The van der Waals surface area contributed by atoms with Crippen LogP contribution in [0.3, 0.4) is 0 Å². The fourth-order valence-electron chi connectivity index (χ4n) is 2.90. The van der Waals surface area contributed by atoms with Crippen molar-refractivity contribution in [2.24, 2.45) is 10.9 Å². The predicted molar refractivity (Wildman–Crippen MR) is 112 cm³/mol. The molecule has 0 aromatic heterocycles. The fraction of sp³-hybridized carbons (Fsp3) is 0.286. The lowest BCUT2D eigenvalue weighted by Gasteiger charge is -2.25. The number of carbonyl (C=O) groups excluding carboxylic acids is 2. The van der Waals surface area contributed by atoms with E-state index in [9.17, 15) is 9.59 Å². The molecule has 0 spiro atoms. The number of nitrogens with two attached hydrogens (primary N) is 1. The molecule has 2 amide bonds. The van der Waals surface area contributed by atoms with Gasteiger partial charge < -0.3 is 15.3 Å². The van der Waals surface area contributed by atoms with E-state index in [-0.39, 0.29) is 13.2 Å². The first-order chi connectivity index (χ1) is 14.0. The van der Waals surface area contributed by atoms with Gasteiger partial charge in [-0.2, -0.15) is 0 Å². The molecule has 0 saturated carbocycles. The van der Waals surface area contributed by atoms with Gasteiger partial charge >= 0.3 is 6.09 Å². The van der Waals surface area contributed by atoms with Crippen molar-refractivity contribution in [3.63, 3.8) is 0 Å². The Labute approximate surface area is 177 Å². The number of rotatable bonds is 7. The highest BCUT2D eigenvalue weighted by molar-refractivity contribution is 9.18. The number of carbonyl (C=O) groups is 2. The summed E-state index contributed by atoms with van der Waals surface area (Å²) in [6.07, 6.45) is -0.423. The second-order valence-electron chi connectivity index (χ2n) is 6.68. The highest BCUT2D eigenvalue weighted by Gasteiger charge is 2.33. The van der Waals surface area contributed by atoms with Crippen LogP contribution in [0.2, 0.25) is 0 Å². The Morgan fingerprint density at radius 3 is 2.34 bits per heavy atom. The average molecular weight is 460 g/mol. The van der Waals surface area contributed by atoms with Gasteiger partial charge in [0.1, 0.15) is 11.2 Å². The lowest BCUT2D eigenvalue weighted by Crippen LogP contribution is -2.50. The molecule has 1 unspecified atom stereocenters. The average Bonchev–Trinajstić information content (AvgIpc) is 3.16. The minimum absolute atomic E-state index is 0.00749. The summed E-state index contributed by atoms with van der Waals surface area (Å²) in [7, 11) is 0. The molecule has 0 radical (unpaired) electrons. The molecule has 2 aromatic carbocycles. The summed E-state index contributed by atoms with van der Waals surface area (Å²) < 4.78 is 5.98. The number of halogens is 1. The lowest BCUT2D eigenvalue weighted by atomic mass is 10.1. The molecular weight excluding hydrogens is 438 g/mol. The van der Waals surface area contributed by atoms with Gasteiger partial charge in [-0.05, 0) is 33.5 Å². The van der Waals surface area contributed by atoms with E-state index < -0.39 is 24.1 Å². The van der Waals surface area contributed by atoms with Crippen LogP contribution in [-0.4, -0.2) is 40.2 Å². The number of hydrogen-bond donors (Lipinski definition) is 1. The number of oxime groups is 1. The monoisotopic (exact) mass is 459 g/mol. The molecule has 2 N–H and O–H groups in total. The van der Waals surface area contributed by atoms with E-state index in [0.717, 1.165) is 16.0 Å². The number of benzene rings is 2. The van der Waals surface area contributed by atoms with Crippen LogP contribution in [0.15, 0.2) is 65.8 Å². The number of hydrogen-bond acceptors (Lipinski definition) is 6. The maximum Gasteiger partial charge on any atom is 0.417 e. The number of amides is 2. The Morgan fingerprint density at radius 2 is 1.76 bits per heavy atom. The zero-order valence-corrected chi connectivity index (χ0v) is 17.3. The van der Waals surface area contributed by atoms with Gasteiger partial charge in [0.25, 0.3) is 0 Å². The molecule has 152 valence electrons. The van der Waals surface area contributed by atoms with Crippen molar-refractivity contribution in [3.8, 4) is 0 Å². The highest BCUT2D eigenvalue weighted by Crippen LogP contribution is 2.17. The van der Waals surface area contributed by atoms with Gasteiger partial charge in [0.15, 0.2) is 6.10 Å². The van der Waals surface area contributed by atoms with Crippen LogP contribution in [0.5, 0.6) is 0 Å². The Balaban J connectivity index is 1.67. The van der Waals surface area contributed by atoms with E-state index in [0.29, 0.717) is 17.5 Å². The second kappa shape index (κ2) is 10.2. The van der Waals surface area contributed by atoms with Gasteiger partial charge in [-0.3, -0.25) is 4.79 Å². The highest BCUT2D eigenvalue weighted by atomic mass is 79.9. The molecule has 29 heavy (non-hydrogen) atoms. The maximum absolute atomic E-state index is 13.0. The van der Waals surface area contributed by atoms with Crippen LogP contribution in [0, 0.1) is 0 Å². The van der Waals surface area contributed by atoms with Crippen molar-refractivity contribution in [3.05, 3.63) is 71.8 Å². The van der Waals surface area contributed by atoms with Crippen LogP contribution >= 0.6 is 15.9 Å². The van der Waals surface area contributed by atoms with Crippen molar-refractivity contribution in [2.45, 2.75) is 31.6 Å². The van der Waals surface area contributed by atoms with E-state index in [1.54, 1.807) is 0 Å². The van der Waals surface area contributed by atoms with Crippen LogP contribution in [0.1, 0.15) is 17.5 Å². The molecule has 8 heteroatoms. The largest absolute Gasteiger partial charge is 0.444 e. The van der Waals surface area contributed by atoms with Crippen molar-refractivity contribution in [2.75, 3.05) is 6.54 Å². The molecule has 2 aromatic rings. The van der Waals surface area contributed by atoms with Gasteiger partial charge in [0, 0.05) is 6.42 Å². The first-order valence-electron chi connectivity index (χ1n) is 9.22. The third-order valence-electron chi connectivity index (χ3n) is 4.39. The smallest absolute Gasteiger partial charge is 0.417 e. The first-order valence-corrected chi connectivity index (χ1v) is 10.0. The summed E-state index contributed by atoms with van der Waals surface area (Å²) in [4.78, 5) is 31.9. The predicted octanol–water partition coefficient (Wildman–Crippen LogP) is 3.22. The van der Waals surface area contributed by atoms with Gasteiger partial charge in [-0.15, -0.1) is 0 Å². The zero-order valence-electron chi connectivity index (χ0n) is 15.7. The minimum atomic E-state index is -0.882. The summed E-state index contributed by atoms with van der Waals surface area (Å²) in [6, 6.07) is 17.8. The molecular formula is C21H22BrN3O4. The van der Waals surface area contributed by atoms with Crippen molar-refractivity contribution in [1.29, 1.82) is 0 Å². The molecule has 0 aliphatic carbocycles. The maximum atomic E-state index is 13.0. The van der Waals surface area contributed by atoms with Crippen LogP contribution in [0.25, 0.3) is 0 Å². The molecule has 3 rings (SSSR count). The van der Waals surface area contributed by atoms with Crippen molar-refractivity contribution >= 4 is 32.6 Å². The summed E-state index contributed by atoms with van der Waals surface area (Å²) in [5.74, 6) is -0.515. The summed E-state index contributed by atoms with van der Waals surface area (Å²) in [6.45, 7) is 0.0661. The van der Waals surface area contributed by atoms with Crippen LogP contribution in [-0.2, 0) is 27.4 Å². The van der Waals surface area contributed by atoms with Gasteiger partial charge in [0.2, 0.25) is 5.91 Å². The van der Waals surface area contributed by atoms with Gasteiger partial charge in [0.05, 0.1) is 12.6 Å². The standard InChI is InChI=1S/C21H22BrN3O4/c22-19-12-17(29-24-19)13-25(21(27)28-14-16-9-5-2-6-10-16)20(26)18(23)11-15-7-3-1-4-8-15/h1-10,17-18H,11-14,23H2/t17?,18-/m1/s1. The fourth-order valence-corrected chi connectivity index (χ4v) is 3.35. The number of nitrogens with zero attached hydrogens (tertiary/aromatic N) is 2. The third kappa shape index (κ3) is 6.13. The Morgan fingerprint density at radius 1 is 1.14 bits per heavy atom. The molecule has 0 fully saturated rings. The quantitative estimate of drug-likeness (QED) is 0.685. The molecule has 0 saturated heterocycles. The summed E-state index contributed by atoms with van der Waals surface area (Å²) in [5, 5.41) is 3.81.